The fourth-order valence-electron chi connectivity index (χ4n) is 4.35. The van der Waals surface area contributed by atoms with Gasteiger partial charge in [-0.3, -0.25) is 4.79 Å². The number of amides is 1. The van der Waals surface area contributed by atoms with Gasteiger partial charge in [-0.25, -0.2) is 9.67 Å². The Morgan fingerprint density at radius 2 is 1.80 bits per heavy atom. The van der Waals surface area contributed by atoms with Crippen molar-refractivity contribution in [3.8, 4) is 0 Å². The average Bonchev–Trinajstić information content (AvgIpc) is 3.18. The number of hydrogen-bond donors (Lipinski definition) is 0. The van der Waals surface area contributed by atoms with Crippen molar-refractivity contribution in [3.63, 3.8) is 0 Å². The van der Waals surface area contributed by atoms with E-state index in [0.717, 1.165) is 54.6 Å². The quantitative estimate of drug-likeness (QED) is 0.585. The second-order valence-corrected chi connectivity index (χ2v) is 9.09. The minimum absolute atomic E-state index is 0.116. The van der Waals surface area contributed by atoms with E-state index in [0.29, 0.717) is 5.92 Å². The zero-order valence-corrected chi connectivity index (χ0v) is 18.5. The Hall–Kier alpha value is -2.69. The Morgan fingerprint density at radius 1 is 1.10 bits per heavy atom. The zero-order chi connectivity index (χ0) is 21.3. The molecule has 0 N–H and O–H groups in total. The summed E-state index contributed by atoms with van der Waals surface area (Å²) in [5.41, 5.74) is 3.91. The molecular weight excluding hydrogens is 372 g/mol. The molecule has 2 aromatic heterocycles. The summed E-state index contributed by atoms with van der Waals surface area (Å²) in [4.78, 5) is 20.3. The number of aromatic nitrogens is 3. The summed E-state index contributed by atoms with van der Waals surface area (Å²) in [6.07, 6.45) is 5.01. The average molecular weight is 405 g/mol. The minimum atomic E-state index is 0.116. The number of benzene rings is 1. The molecule has 1 saturated heterocycles. The molecule has 1 aliphatic heterocycles. The Kier molecular flexibility index (Phi) is 5.89. The van der Waals surface area contributed by atoms with Gasteiger partial charge in [-0.05, 0) is 56.6 Å². The molecule has 1 amide bonds. The smallest absolute Gasteiger partial charge is 0.254 e. The first-order valence-electron chi connectivity index (χ1n) is 11.2. The summed E-state index contributed by atoms with van der Waals surface area (Å²) in [5.74, 6) is 1.02. The third-order valence-electron chi connectivity index (χ3n) is 6.17. The van der Waals surface area contributed by atoms with Crippen LogP contribution in [-0.4, -0.2) is 38.7 Å². The molecule has 0 aliphatic carbocycles. The Morgan fingerprint density at radius 3 is 2.43 bits per heavy atom. The molecule has 3 aromatic rings. The Balaban J connectivity index is 1.55. The van der Waals surface area contributed by atoms with Gasteiger partial charge in [0.1, 0.15) is 0 Å². The lowest BCUT2D eigenvalue weighted by Gasteiger charge is -2.32. The maximum atomic E-state index is 13.5. The summed E-state index contributed by atoms with van der Waals surface area (Å²) in [5, 5.41) is 5.39. The molecule has 5 nitrogen and oxygen atoms in total. The number of nitrogens with zero attached hydrogens (tertiary/aromatic N) is 4. The van der Waals surface area contributed by atoms with Crippen molar-refractivity contribution in [1.29, 1.82) is 0 Å². The second kappa shape index (κ2) is 8.58. The van der Waals surface area contributed by atoms with Crippen LogP contribution in [0.3, 0.4) is 0 Å². The van der Waals surface area contributed by atoms with E-state index in [9.17, 15) is 4.79 Å². The number of likely N-dealkylation sites (tertiary alicyclic amines) is 1. The van der Waals surface area contributed by atoms with Crippen LogP contribution in [0, 0.1) is 5.92 Å². The lowest BCUT2D eigenvalue weighted by atomic mass is 9.90. The third-order valence-corrected chi connectivity index (χ3v) is 6.17. The SMILES string of the molecule is CC(C)c1cc(C(=O)N2CCC(Cc3ccccc3)CC2)c2cnn(C(C)C)c2n1. The lowest BCUT2D eigenvalue weighted by molar-refractivity contribution is 0.0692. The predicted molar refractivity (Wildman–Crippen MR) is 121 cm³/mol. The molecular formula is C25H32N4O. The van der Waals surface area contributed by atoms with Crippen molar-refractivity contribution in [2.45, 2.75) is 58.9 Å². The van der Waals surface area contributed by atoms with Gasteiger partial charge in [-0.1, -0.05) is 44.2 Å². The highest BCUT2D eigenvalue weighted by Crippen LogP contribution is 2.28. The maximum absolute atomic E-state index is 13.5. The number of rotatable bonds is 5. The lowest BCUT2D eigenvalue weighted by Crippen LogP contribution is -2.39. The van der Waals surface area contributed by atoms with Gasteiger partial charge in [0.15, 0.2) is 5.65 Å². The third kappa shape index (κ3) is 4.11. The fraction of sp³-hybridized carbons (Fsp3) is 0.480. The molecule has 0 bridgehead atoms. The molecule has 4 rings (SSSR count). The molecule has 1 aliphatic rings. The molecule has 5 heteroatoms. The number of carbonyl (C=O) groups is 1. The molecule has 0 unspecified atom stereocenters. The monoisotopic (exact) mass is 404 g/mol. The number of piperidine rings is 1. The Labute approximate surface area is 179 Å². The molecule has 0 spiro atoms. The number of fused-ring (bicyclic) bond motifs is 1. The van der Waals surface area contributed by atoms with E-state index < -0.39 is 0 Å². The van der Waals surface area contributed by atoms with E-state index >= 15 is 0 Å². The van der Waals surface area contributed by atoms with Crippen molar-refractivity contribution in [3.05, 3.63) is 59.4 Å². The largest absolute Gasteiger partial charge is 0.339 e. The predicted octanol–water partition coefficient (Wildman–Crippen LogP) is 5.23. The first-order valence-corrected chi connectivity index (χ1v) is 11.2. The van der Waals surface area contributed by atoms with Crippen molar-refractivity contribution < 1.29 is 4.79 Å². The van der Waals surface area contributed by atoms with Crippen LogP contribution in [0.4, 0.5) is 0 Å². The second-order valence-electron chi connectivity index (χ2n) is 9.09. The van der Waals surface area contributed by atoms with Gasteiger partial charge in [0.2, 0.25) is 0 Å². The van der Waals surface area contributed by atoms with Gasteiger partial charge >= 0.3 is 0 Å². The molecule has 30 heavy (non-hydrogen) atoms. The van der Waals surface area contributed by atoms with Crippen LogP contribution in [0.15, 0.2) is 42.6 Å². The highest BCUT2D eigenvalue weighted by Gasteiger charge is 2.27. The van der Waals surface area contributed by atoms with Crippen LogP contribution in [-0.2, 0) is 6.42 Å². The van der Waals surface area contributed by atoms with E-state index in [1.807, 2.05) is 21.8 Å². The normalized spacial score (nSPS) is 15.5. The van der Waals surface area contributed by atoms with Crippen LogP contribution in [0.25, 0.3) is 11.0 Å². The maximum Gasteiger partial charge on any atom is 0.254 e. The topological polar surface area (TPSA) is 51.0 Å². The van der Waals surface area contributed by atoms with Gasteiger partial charge in [-0.2, -0.15) is 5.10 Å². The summed E-state index contributed by atoms with van der Waals surface area (Å²) in [7, 11) is 0. The number of carbonyl (C=O) groups excluding carboxylic acids is 1. The molecule has 0 atom stereocenters. The van der Waals surface area contributed by atoms with Crippen LogP contribution < -0.4 is 0 Å². The van der Waals surface area contributed by atoms with Gasteiger partial charge in [0, 0.05) is 24.8 Å². The first-order chi connectivity index (χ1) is 14.4. The van der Waals surface area contributed by atoms with E-state index in [2.05, 4.69) is 63.1 Å². The van der Waals surface area contributed by atoms with Crippen molar-refractivity contribution >= 4 is 16.9 Å². The summed E-state index contributed by atoms with van der Waals surface area (Å²) < 4.78 is 1.92. The van der Waals surface area contributed by atoms with E-state index in [1.54, 1.807) is 0 Å². The van der Waals surface area contributed by atoms with Gasteiger partial charge in [-0.15, -0.1) is 0 Å². The molecule has 0 radical (unpaired) electrons. The van der Waals surface area contributed by atoms with Gasteiger partial charge < -0.3 is 4.90 Å². The van der Waals surface area contributed by atoms with E-state index in [1.165, 1.54) is 5.56 Å². The number of hydrogen-bond acceptors (Lipinski definition) is 3. The molecule has 3 heterocycles. The van der Waals surface area contributed by atoms with Crippen molar-refractivity contribution in [2.75, 3.05) is 13.1 Å². The number of pyridine rings is 1. The van der Waals surface area contributed by atoms with Crippen LogP contribution in [0.2, 0.25) is 0 Å². The van der Waals surface area contributed by atoms with Crippen molar-refractivity contribution in [2.24, 2.45) is 5.92 Å². The first kappa shape index (κ1) is 20.6. The van der Waals surface area contributed by atoms with Crippen molar-refractivity contribution in [1.82, 2.24) is 19.7 Å². The standard InChI is InChI=1S/C25H32N4O/c1-17(2)23-15-21(22-16-26-29(18(3)4)24(22)27-23)25(30)28-12-10-20(11-13-28)14-19-8-6-5-7-9-19/h5-9,15-18,20H,10-14H2,1-4H3. The van der Waals surface area contributed by atoms with E-state index in [4.69, 9.17) is 4.98 Å². The van der Waals surface area contributed by atoms with Crippen LogP contribution in [0.5, 0.6) is 0 Å². The van der Waals surface area contributed by atoms with E-state index in [-0.39, 0.29) is 17.9 Å². The molecule has 0 saturated carbocycles. The Bertz CT molecular complexity index is 1010. The summed E-state index contributed by atoms with van der Waals surface area (Å²) in [6, 6.07) is 12.9. The molecule has 1 aromatic carbocycles. The molecule has 158 valence electrons. The minimum Gasteiger partial charge on any atom is -0.339 e. The molecule has 1 fully saturated rings. The fourth-order valence-corrected chi connectivity index (χ4v) is 4.35. The van der Waals surface area contributed by atoms with Gasteiger partial charge in [0.25, 0.3) is 5.91 Å². The van der Waals surface area contributed by atoms with Crippen LogP contribution in [0.1, 0.15) is 74.1 Å². The zero-order valence-electron chi connectivity index (χ0n) is 18.5. The van der Waals surface area contributed by atoms with Crippen LogP contribution >= 0.6 is 0 Å². The van der Waals surface area contributed by atoms with Gasteiger partial charge in [0.05, 0.1) is 17.1 Å². The highest BCUT2D eigenvalue weighted by molar-refractivity contribution is 6.05. The highest BCUT2D eigenvalue weighted by atomic mass is 16.2. The summed E-state index contributed by atoms with van der Waals surface area (Å²) >= 11 is 0. The summed E-state index contributed by atoms with van der Waals surface area (Å²) in [6.45, 7) is 10.1.